The van der Waals surface area contributed by atoms with Crippen LogP contribution in [0.25, 0.3) is 0 Å². The van der Waals surface area contributed by atoms with Crippen LogP contribution in [0.15, 0.2) is 29.3 Å². The highest BCUT2D eigenvalue weighted by Gasteiger charge is 2.42. The summed E-state index contributed by atoms with van der Waals surface area (Å²) >= 11 is 0. The lowest BCUT2D eigenvalue weighted by Gasteiger charge is -2.23. The summed E-state index contributed by atoms with van der Waals surface area (Å²) in [5.41, 5.74) is 0.357. The normalized spacial score (nSPS) is 15.3. The summed E-state index contributed by atoms with van der Waals surface area (Å²) < 4.78 is 16.5. The van der Waals surface area contributed by atoms with Crippen LogP contribution in [-0.4, -0.2) is 64.5 Å². The van der Waals surface area contributed by atoms with Gasteiger partial charge in [0.2, 0.25) is 0 Å². The second-order valence-corrected chi connectivity index (χ2v) is 7.06. The van der Waals surface area contributed by atoms with Crippen LogP contribution in [-0.2, 0) is 4.74 Å². The molecule has 0 amide bonds. The number of hydrogen-bond donors (Lipinski definition) is 1. The fourth-order valence-corrected chi connectivity index (χ4v) is 2.89. The van der Waals surface area contributed by atoms with Crippen molar-refractivity contribution >= 4 is 5.96 Å². The van der Waals surface area contributed by atoms with Crippen molar-refractivity contribution < 1.29 is 14.2 Å². The molecule has 2 rings (SSSR count). The van der Waals surface area contributed by atoms with Crippen LogP contribution in [0.3, 0.4) is 0 Å². The quantitative estimate of drug-likeness (QED) is 0.344. The lowest BCUT2D eigenvalue weighted by atomic mass is 10.0. The molecule has 1 aliphatic carbocycles. The molecule has 1 aromatic rings. The molecule has 0 saturated heterocycles. The van der Waals surface area contributed by atoms with E-state index in [9.17, 15) is 0 Å². The molecule has 0 radical (unpaired) electrons. The third kappa shape index (κ3) is 7.29. The fourth-order valence-electron chi connectivity index (χ4n) is 2.89. The summed E-state index contributed by atoms with van der Waals surface area (Å²) in [6.45, 7) is 8.86. The second kappa shape index (κ2) is 11.0. The lowest BCUT2D eigenvalue weighted by molar-refractivity contribution is 0.129. The highest BCUT2D eigenvalue weighted by molar-refractivity contribution is 5.79. The average molecular weight is 378 g/mol. The molecular formula is C21H35N3O3. The predicted octanol–water partition coefficient (Wildman–Crippen LogP) is 3.18. The zero-order valence-corrected chi connectivity index (χ0v) is 17.3. The standard InChI is InChI=1S/C21H35N3O3/c1-5-22-20(23-17-21(11-12-21)13-15-26-6-2)24(3)14-16-27-19-9-7-18(25-4)8-10-19/h7-10H,5-6,11-17H2,1-4H3,(H,22,23). The summed E-state index contributed by atoms with van der Waals surface area (Å²) in [5, 5.41) is 3.39. The molecule has 6 heteroatoms. The first-order chi connectivity index (χ1) is 13.1. The van der Waals surface area contributed by atoms with Gasteiger partial charge in [0.05, 0.1) is 13.7 Å². The maximum absolute atomic E-state index is 5.83. The van der Waals surface area contributed by atoms with E-state index in [1.54, 1.807) is 7.11 Å². The first-order valence-corrected chi connectivity index (χ1v) is 9.96. The van der Waals surface area contributed by atoms with Crippen LogP contribution >= 0.6 is 0 Å². The number of aliphatic imine (C=N–C) groups is 1. The molecule has 6 nitrogen and oxygen atoms in total. The first kappa shape index (κ1) is 21.4. The van der Waals surface area contributed by atoms with Gasteiger partial charge in [0.1, 0.15) is 18.1 Å². The Bertz CT molecular complexity index is 571. The minimum absolute atomic E-state index is 0.357. The molecule has 0 heterocycles. The number of methoxy groups -OCH3 is 1. The van der Waals surface area contributed by atoms with Crippen molar-refractivity contribution in [2.75, 3.05) is 53.6 Å². The molecule has 0 aromatic heterocycles. The van der Waals surface area contributed by atoms with Crippen molar-refractivity contribution in [2.24, 2.45) is 10.4 Å². The van der Waals surface area contributed by atoms with Crippen LogP contribution in [0.2, 0.25) is 0 Å². The molecule has 0 unspecified atom stereocenters. The smallest absolute Gasteiger partial charge is 0.193 e. The van der Waals surface area contributed by atoms with Gasteiger partial charge in [-0.05, 0) is 62.8 Å². The van der Waals surface area contributed by atoms with Gasteiger partial charge in [-0.1, -0.05) is 0 Å². The SMILES string of the molecule is CCNC(=NCC1(CCOCC)CC1)N(C)CCOc1ccc(OC)cc1. The summed E-state index contributed by atoms with van der Waals surface area (Å²) in [4.78, 5) is 7.01. The predicted molar refractivity (Wildman–Crippen MR) is 110 cm³/mol. The topological polar surface area (TPSA) is 55.3 Å². The Morgan fingerprint density at radius 1 is 1.15 bits per heavy atom. The van der Waals surface area contributed by atoms with Gasteiger partial charge in [-0.2, -0.15) is 0 Å². The Balaban J connectivity index is 1.79. The van der Waals surface area contributed by atoms with E-state index >= 15 is 0 Å². The summed E-state index contributed by atoms with van der Waals surface area (Å²) in [6.07, 6.45) is 3.62. The van der Waals surface area contributed by atoms with E-state index < -0.39 is 0 Å². The molecule has 0 aliphatic heterocycles. The fraction of sp³-hybridized carbons (Fsp3) is 0.667. The zero-order valence-electron chi connectivity index (χ0n) is 17.3. The second-order valence-electron chi connectivity index (χ2n) is 7.06. The Morgan fingerprint density at radius 2 is 1.85 bits per heavy atom. The van der Waals surface area contributed by atoms with E-state index in [1.165, 1.54) is 12.8 Å². The van der Waals surface area contributed by atoms with Crippen LogP contribution < -0.4 is 14.8 Å². The van der Waals surface area contributed by atoms with E-state index in [4.69, 9.17) is 19.2 Å². The van der Waals surface area contributed by atoms with Gasteiger partial charge < -0.3 is 24.4 Å². The number of guanidine groups is 1. The van der Waals surface area contributed by atoms with Crippen LogP contribution in [0.1, 0.15) is 33.1 Å². The molecule has 27 heavy (non-hydrogen) atoms. The Kier molecular flexibility index (Phi) is 8.72. The maximum atomic E-state index is 5.83. The largest absolute Gasteiger partial charge is 0.497 e. The highest BCUT2D eigenvalue weighted by Crippen LogP contribution is 2.49. The number of rotatable bonds is 12. The molecule has 0 bridgehead atoms. The van der Waals surface area contributed by atoms with Gasteiger partial charge in [0.15, 0.2) is 5.96 Å². The maximum Gasteiger partial charge on any atom is 0.193 e. The van der Waals surface area contributed by atoms with Crippen LogP contribution in [0, 0.1) is 5.41 Å². The van der Waals surface area contributed by atoms with Gasteiger partial charge in [0.25, 0.3) is 0 Å². The summed E-state index contributed by atoms with van der Waals surface area (Å²) in [7, 11) is 3.72. The molecule has 0 spiro atoms. The Labute approximate surface area is 163 Å². The monoisotopic (exact) mass is 377 g/mol. The zero-order chi connectivity index (χ0) is 19.5. The van der Waals surface area contributed by atoms with E-state index in [-0.39, 0.29) is 0 Å². The van der Waals surface area contributed by atoms with E-state index in [0.717, 1.165) is 56.7 Å². The third-order valence-electron chi connectivity index (χ3n) is 4.95. The highest BCUT2D eigenvalue weighted by atomic mass is 16.5. The van der Waals surface area contributed by atoms with E-state index in [0.29, 0.717) is 12.0 Å². The Morgan fingerprint density at radius 3 is 2.44 bits per heavy atom. The molecule has 1 N–H and O–H groups in total. The Hall–Kier alpha value is -1.95. The molecule has 1 fully saturated rings. The molecule has 152 valence electrons. The average Bonchev–Trinajstić information content (AvgIpc) is 3.46. The van der Waals surface area contributed by atoms with E-state index in [2.05, 4.69) is 24.2 Å². The molecular weight excluding hydrogens is 342 g/mol. The molecule has 1 aliphatic rings. The molecule has 0 atom stereocenters. The number of likely N-dealkylation sites (N-methyl/N-ethyl adjacent to an activating group) is 1. The van der Waals surface area contributed by atoms with Crippen molar-refractivity contribution in [3.8, 4) is 11.5 Å². The number of nitrogens with zero attached hydrogens (tertiary/aromatic N) is 2. The van der Waals surface area contributed by atoms with Crippen LogP contribution in [0.4, 0.5) is 0 Å². The van der Waals surface area contributed by atoms with Crippen molar-refractivity contribution in [3.05, 3.63) is 24.3 Å². The summed E-state index contributed by atoms with van der Waals surface area (Å²) in [6, 6.07) is 7.66. The lowest BCUT2D eigenvalue weighted by Crippen LogP contribution is -2.41. The first-order valence-electron chi connectivity index (χ1n) is 9.96. The van der Waals surface area contributed by atoms with Crippen molar-refractivity contribution in [1.29, 1.82) is 0 Å². The van der Waals surface area contributed by atoms with E-state index in [1.807, 2.05) is 31.2 Å². The number of nitrogens with one attached hydrogen (secondary N) is 1. The summed E-state index contributed by atoms with van der Waals surface area (Å²) in [5.74, 6) is 2.62. The van der Waals surface area contributed by atoms with Crippen LogP contribution in [0.5, 0.6) is 11.5 Å². The van der Waals surface area contributed by atoms with Gasteiger partial charge in [-0.25, -0.2) is 0 Å². The minimum Gasteiger partial charge on any atom is -0.497 e. The number of ether oxygens (including phenoxy) is 3. The van der Waals surface area contributed by atoms with Gasteiger partial charge in [0, 0.05) is 33.4 Å². The minimum atomic E-state index is 0.357. The molecule has 1 saturated carbocycles. The third-order valence-corrected chi connectivity index (χ3v) is 4.95. The van der Waals surface area contributed by atoms with Crippen molar-refractivity contribution in [2.45, 2.75) is 33.1 Å². The van der Waals surface area contributed by atoms with Crippen molar-refractivity contribution in [1.82, 2.24) is 10.2 Å². The van der Waals surface area contributed by atoms with Crippen molar-refractivity contribution in [3.63, 3.8) is 0 Å². The number of hydrogen-bond acceptors (Lipinski definition) is 4. The molecule has 1 aromatic carbocycles. The number of benzene rings is 1. The van der Waals surface area contributed by atoms with Gasteiger partial charge in [-0.15, -0.1) is 0 Å². The van der Waals surface area contributed by atoms with Gasteiger partial charge in [-0.3, -0.25) is 4.99 Å². The van der Waals surface area contributed by atoms with Gasteiger partial charge >= 0.3 is 0 Å².